The van der Waals surface area contributed by atoms with Gasteiger partial charge < -0.3 is 15.2 Å². The van der Waals surface area contributed by atoms with Crippen LogP contribution in [0.2, 0.25) is 0 Å². The molecule has 1 aliphatic carbocycles. The third kappa shape index (κ3) is 4.98. The molecule has 0 bridgehead atoms. The summed E-state index contributed by atoms with van der Waals surface area (Å²) in [5.41, 5.74) is 2.56. The summed E-state index contributed by atoms with van der Waals surface area (Å²) in [5.74, 6) is -0.242. The number of aromatic nitrogens is 2. The van der Waals surface area contributed by atoms with Crippen molar-refractivity contribution < 1.29 is 9.59 Å². The van der Waals surface area contributed by atoms with Crippen LogP contribution in [0.15, 0.2) is 47.3 Å². The molecule has 8 nitrogen and oxygen atoms in total. The van der Waals surface area contributed by atoms with Crippen molar-refractivity contribution in [2.45, 2.75) is 45.1 Å². The van der Waals surface area contributed by atoms with Gasteiger partial charge in [-0.15, -0.1) is 0 Å². The average molecular weight is 474 g/mol. The van der Waals surface area contributed by atoms with Crippen molar-refractivity contribution in [2.75, 3.05) is 31.5 Å². The monoisotopic (exact) mass is 473 g/mol. The van der Waals surface area contributed by atoms with Crippen molar-refractivity contribution in [3.8, 4) is 11.3 Å². The molecule has 2 amide bonds. The van der Waals surface area contributed by atoms with Crippen molar-refractivity contribution in [2.24, 2.45) is 0 Å². The zero-order chi connectivity index (χ0) is 24.4. The van der Waals surface area contributed by atoms with E-state index in [0.29, 0.717) is 33.9 Å². The van der Waals surface area contributed by atoms with Gasteiger partial charge in [0, 0.05) is 50.3 Å². The number of fused-ring (bicyclic) bond motifs is 1. The van der Waals surface area contributed by atoms with Gasteiger partial charge in [0.25, 0.3) is 11.5 Å². The number of H-pyrrole nitrogens is 1. The van der Waals surface area contributed by atoms with Gasteiger partial charge in [0.2, 0.25) is 5.91 Å². The molecule has 35 heavy (non-hydrogen) atoms. The van der Waals surface area contributed by atoms with E-state index in [1.54, 1.807) is 42.5 Å². The van der Waals surface area contributed by atoms with Gasteiger partial charge in [0.1, 0.15) is 5.69 Å². The number of nitrogens with zero attached hydrogens (tertiary/aromatic N) is 3. The summed E-state index contributed by atoms with van der Waals surface area (Å²) < 4.78 is 0. The number of carbonyl (C=O) groups is 2. The lowest BCUT2D eigenvalue weighted by Gasteiger charge is -2.40. The Morgan fingerprint density at radius 2 is 1.74 bits per heavy atom. The first kappa shape index (κ1) is 23.2. The van der Waals surface area contributed by atoms with E-state index < -0.39 is 0 Å². The van der Waals surface area contributed by atoms with Crippen LogP contribution in [0.25, 0.3) is 22.3 Å². The Balaban J connectivity index is 1.35. The highest BCUT2D eigenvalue weighted by Gasteiger charge is 2.27. The van der Waals surface area contributed by atoms with Gasteiger partial charge >= 0.3 is 0 Å². The molecule has 0 radical (unpaired) electrons. The standard InChI is InChI=1S/C27H31N5O3/c1-18(33)28-22-10-6-5-9-21(22)25-26(34)30-24-17-19(11-12-23(24)29-25)27(35)32-15-13-31(14-16-32)20-7-3-2-4-8-20/h5-6,9-12,17,20H,2-4,7-8,13-16H2,1H3,(H,28,33)(H,30,34). The number of piperazine rings is 1. The van der Waals surface area contributed by atoms with Crippen LogP contribution in [0.5, 0.6) is 0 Å². The van der Waals surface area contributed by atoms with E-state index in [4.69, 9.17) is 0 Å². The third-order valence-corrected chi connectivity index (χ3v) is 7.12. The molecule has 1 aromatic heterocycles. The summed E-state index contributed by atoms with van der Waals surface area (Å²) in [5, 5.41) is 2.75. The predicted molar refractivity (Wildman–Crippen MR) is 136 cm³/mol. The van der Waals surface area contributed by atoms with Gasteiger partial charge in [-0.25, -0.2) is 4.98 Å². The molecule has 2 aromatic carbocycles. The largest absolute Gasteiger partial charge is 0.336 e. The number of para-hydroxylation sites is 1. The first-order chi connectivity index (χ1) is 17.0. The maximum Gasteiger partial charge on any atom is 0.275 e. The summed E-state index contributed by atoms with van der Waals surface area (Å²) in [6, 6.07) is 13.0. The highest BCUT2D eigenvalue weighted by atomic mass is 16.2. The first-order valence-electron chi connectivity index (χ1n) is 12.4. The van der Waals surface area contributed by atoms with Crippen LogP contribution >= 0.6 is 0 Å². The maximum atomic E-state index is 13.2. The minimum Gasteiger partial charge on any atom is -0.336 e. The molecular weight excluding hydrogens is 442 g/mol. The number of carbonyl (C=O) groups excluding carboxylic acids is 2. The first-order valence-corrected chi connectivity index (χ1v) is 12.4. The number of nitrogens with one attached hydrogen (secondary N) is 2. The van der Waals surface area contributed by atoms with Crippen LogP contribution in [0.3, 0.4) is 0 Å². The van der Waals surface area contributed by atoms with Gasteiger partial charge in [0.05, 0.1) is 16.7 Å². The lowest BCUT2D eigenvalue weighted by molar-refractivity contribution is -0.114. The van der Waals surface area contributed by atoms with E-state index in [-0.39, 0.29) is 23.1 Å². The quantitative estimate of drug-likeness (QED) is 0.603. The van der Waals surface area contributed by atoms with Crippen LogP contribution < -0.4 is 10.9 Å². The molecule has 182 valence electrons. The zero-order valence-corrected chi connectivity index (χ0v) is 20.0. The molecule has 0 atom stereocenters. The fourth-order valence-corrected chi connectivity index (χ4v) is 5.31. The second kappa shape index (κ2) is 10.00. The van der Waals surface area contributed by atoms with Crippen LogP contribution in [-0.2, 0) is 4.79 Å². The second-order valence-corrected chi connectivity index (χ2v) is 9.49. The van der Waals surface area contributed by atoms with Crippen molar-refractivity contribution in [3.63, 3.8) is 0 Å². The van der Waals surface area contributed by atoms with Gasteiger partial charge in [-0.3, -0.25) is 19.3 Å². The number of hydrogen-bond acceptors (Lipinski definition) is 5. The Morgan fingerprint density at radius 3 is 2.49 bits per heavy atom. The molecular formula is C27H31N5O3. The van der Waals surface area contributed by atoms with Crippen LogP contribution in [0.1, 0.15) is 49.4 Å². The number of amides is 2. The molecule has 2 N–H and O–H groups in total. The molecule has 8 heteroatoms. The van der Waals surface area contributed by atoms with Crippen molar-refractivity contribution in [3.05, 3.63) is 58.4 Å². The summed E-state index contributed by atoms with van der Waals surface area (Å²) in [4.78, 5) is 49.6. The van der Waals surface area contributed by atoms with E-state index in [2.05, 4.69) is 20.2 Å². The summed E-state index contributed by atoms with van der Waals surface area (Å²) in [6.45, 7) is 4.70. The van der Waals surface area contributed by atoms with E-state index in [1.807, 2.05) is 4.90 Å². The predicted octanol–water partition coefficient (Wildman–Crippen LogP) is 3.64. The van der Waals surface area contributed by atoms with Crippen LogP contribution in [0.4, 0.5) is 5.69 Å². The number of rotatable bonds is 4. The number of hydrogen-bond donors (Lipinski definition) is 2. The number of benzene rings is 2. The molecule has 0 unspecified atom stereocenters. The molecule has 5 rings (SSSR count). The average Bonchev–Trinajstić information content (AvgIpc) is 2.88. The van der Waals surface area contributed by atoms with Crippen molar-refractivity contribution in [1.29, 1.82) is 0 Å². The van der Waals surface area contributed by atoms with E-state index in [0.717, 1.165) is 26.2 Å². The Hall–Kier alpha value is -3.52. The Morgan fingerprint density at radius 1 is 1.00 bits per heavy atom. The molecule has 2 heterocycles. The summed E-state index contributed by atoms with van der Waals surface area (Å²) in [7, 11) is 0. The lowest BCUT2D eigenvalue weighted by atomic mass is 9.94. The van der Waals surface area contributed by atoms with Gasteiger partial charge in [-0.2, -0.15) is 0 Å². The molecule has 1 saturated carbocycles. The van der Waals surface area contributed by atoms with Gasteiger partial charge in [-0.1, -0.05) is 37.5 Å². The van der Waals surface area contributed by atoms with Crippen molar-refractivity contribution >= 4 is 28.5 Å². The van der Waals surface area contributed by atoms with E-state index in [9.17, 15) is 14.4 Å². The Bertz CT molecular complexity index is 1300. The number of aromatic amines is 1. The highest BCUT2D eigenvalue weighted by molar-refractivity contribution is 5.98. The molecule has 1 aliphatic heterocycles. The van der Waals surface area contributed by atoms with Gasteiger partial charge in [0.15, 0.2) is 0 Å². The topological polar surface area (TPSA) is 98.4 Å². The minimum atomic E-state index is -0.374. The Kier molecular flexibility index (Phi) is 6.63. The van der Waals surface area contributed by atoms with Gasteiger partial charge in [-0.05, 0) is 37.1 Å². The fourth-order valence-electron chi connectivity index (χ4n) is 5.31. The molecule has 0 spiro atoms. The van der Waals surface area contributed by atoms with E-state index in [1.165, 1.54) is 39.0 Å². The summed E-state index contributed by atoms with van der Waals surface area (Å²) >= 11 is 0. The summed E-state index contributed by atoms with van der Waals surface area (Å²) in [6.07, 6.45) is 6.52. The third-order valence-electron chi connectivity index (χ3n) is 7.12. The lowest BCUT2D eigenvalue weighted by Crippen LogP contribution is -2.52. The molecule has 3 aromatic rings. The minimum absolute atomic E-state index is 0.0175. The maximum absolute atomic E-state index is 13.2. The zero-order valence-electron chi connectivity index (χ0n) is 20.0. The fraction of sp³-hybridized carbons (Fsp3) is 0.407. The van der Waals surface area contributed by atoms with Crippen LogP contribution in [0, 0.1) is 0 Å². The second-order valence-electron chi connectivity index (χ2n) is 9.49. The normalized spacial score (nSPS) is 17.5. The molecule has 2 fully saturated rings. The number of anilines is 1. The van der Waals surface area contributed by atoms with Crippen LogP contribution in [-0.4, -0.2) is 63.8 Å². The Labute approximate surface area is 204 Å². The van der Waals surface area contributed by atoms with E-state index >= 15 is 0 Å². The molecule has 2 aliphatic rings. The van der Waals surface area contributed by atoms with Crippen molar-refractivity contribution in [1.82, 2.24) is 19.8 Å². The highest BCUT2D eigenvalue weighted by Crippen LogP contribution is 2.26. The molecule has 1 saturated heterocycles. The SMILES string of the molecule is CC(=O)Nc1ccccc1-c1nc2ccc(C(=O)N3CCN(C4CCCCC4)CC3)cc2[nH]c1=O. The smallest absolute Gasteiger partial charge is 0.275 e.